The molecule has 1 saturated heterocycles. The zero-order valence-corrected chi connectivity index (χ0v) is 23.5. The molecule has 1 heterocycles. The third-order valence-corrected chi connectivity index (χ3v) is 7.27. The largest absolute Gasteiger partial charge is 0.469 e. The Labute approximate surface area is 231 Å². The van der Waals surface area contributed by atoms with E-state index in [1.807, 2.05) is 0 Å². The molecule has 1 fully saturated rings. The van der Waals surface area contributed by atoms with Gasteiger partial charge < -0.3 is 9.47 Å². The first-order valence-electron chi connectivity index (χ1n) is 12.0. The SMILES string of the molecule is COC(=O)C(C)(C)CC1NC(C(=O)OC(C)(C)C)C(c2cccc(Cl)c2F)C1(C#N)c1ccc(Cl)cc1F. The second-order valence-electron chi connectivity index (χ2n) is 11.0. The first kappa shape index (κ1) is 29.8. The van der Waals surface area contributed by atoms with Gasteiger partial charge in [0.1, 0.15) is 28.7 Å². The van der Waals surface area contributed by atoms with Gasteiger partial charge in [-0.15, -0.1) is 0 Å². The predicted molar refractivity (Wildman–Crippen MR) is 140 cm³/mol. The maximum atomic E-state index is 15.6. The summed E-state index contributed by atoms with van der Waals surface area (Å²) in [5.41, 5.74) is -4.17. The van der Waals surface area contributed by atoms with Gasteiger partial charge in [0.05, 0.1) is 23.6 Å². The number of esters is 2. The number of carbonyl (C=O) groups excluding carboxylic acids is 2. The highest BCUT2D eigenvalue weighted by Gasteiger charge is 2.62. The number of rotatable bonds is 6. The summed E-state index contributed by atoms with van der Waals surface area (Å²) in [6.07, 6.45) is -0.0622. The Bertz CT molecular complexity index is 1290. The van der Waals surface area contributed by atoms with Gasteiger partial charge in [0, 0.05) is 22.5 Å². The van der Waals surface area contributed by atoms with Gasteiger partial charge in [-0.25, -0.2) is 8.78 Å². The van der Waals surface area contributed by atoms with Crippen molar-refractivity contribution in [2.45, 2.75) is 70.1 Å². The Hall–Kier alpha value is -2.73. The van der Waals surface area contributed by atoms with Crippen LogP contribution < -0.4 is 5.32 Å². The fourth-order valence-electron chi connectivity index (χ4n) is 5.16. The van der Waals surface area contributed by atoms with Crippen molar-refractivity contribution < 1.29 is 27.8 Å². The van der Waals surface area contributed by atoms with Crippen molar-refractivity contribution >= 4 is 35.1 Å². The van der Waals surface area contributed by atoms with Crippen LogP contribution in [0, 0.1) is 28.4 Å². The molecule has 2 aromatic carbocycles. The summed E-state index contributed by atoms with van der Waals surface area (Å²) in [5, 5.41) is 13.8. The van der Waals surface area contributed by atoms with Crippen molar-refractivity contribution in [3.05, 3.63) is 69.2 Å². The van der Waals surface area contributed by atoms with Crippen molar-refractivity contribution in [2.24, 2.45) is 5.41 Å². The van der Waals surface area contributed by atoms with Crippen LogP contribution >= 0.6 is 23.2 Å². The molecule has 0 aliphatic carbocycles. The van der Waals surface area contributed by atoms with Crippen molar-refractivity contribution in [2.75, 3.05) is 7.11 Å². The lowest BCUT2D eigenvalue weighted by Crippen LogP contribution is -2.46. The van der Waals surface area contributed by atoms with Gasteiger partial charge in [-0.1, -0.05) is 41.4 Å². The lowest BCUT2D eigenvalue weighted by molar-refractivity contribution is -0.157. The van der Waals surface area contributed by atoms with E-state index in [9.17, 15) is 14.9 Å². The molecule has 0 radical (unpaired) electrons. The molecule has 0 spiro atoms. The van der Waals surface area contributed by atoms with Gasteiger partial charge in [0.2, 0.25) is 0 Å². The second-order valence-corrected chi connectivity index (χ2v) is 11.9. The maximum Gasteiger partial charge on any atom is 0.324 e. The van der Waals surface area contributed by atoms with E-state index in [0.29, 0.717) is 0 Å². The average molecular weight is 567 g/mol. The number of ether oxygens (including phenoxy) is 2. The lowest BCUT2D eigenvalue weighted by atomic mass is 9.62. The fourth-order valence-corrected chi connectivity index (χ4v) is 5.50. The number of methoxy groups -OCH3 is 1. The van der Waals surface area contributed by atoms with Crippen LogP contribution in [0.3, 0.4) is 0 Å². The highest BCUT2D eigenvalue weighted by atomic mass is 35.5. The Kier molecular flexibility index (Phi) is 8.47. The molecule has 204 valence electrons. The molecule has 1 aliphatic rings. The Morgan fingerprint density at radius 2 is 1.79 bits per heavy atom. The van der Waals surface area contributed by atoms with E-state index >= 15 is 8.78 Å². The summed E-state index contributed by atoms with van der Waals surface area (Å²) in [6.45, 7) is 8.22. The third kappa shape index (κ3) is 5.51. The van der Waals surface area contributed by atoms with Crippen LogP contribution in [0.2, 0.25) is 10.0 Å². The summed E-state index contributed by atoms with van der Waals surface area (Å²) >= 11 is 12.1. The third-order valence-electron chi connectivity index (χ3n) is 6.75. The zero-order chi connectivity index (χ0) is 28.6. The number of halogens is 4. The second kappa shape index (κ2) is 10.8. The number of hydrogen-bond donors (Lipinski definition) is 1. The van der Waals surface area contributed by atoms with Crippen LogP contribution in [-0.4, -0.2) is 36.7 Å². The Balaban J connectivity index is 2.38. The van der Waals surface area contributed by atoms with Gasteiger partial charge in [0.15, 0.2) is 0 Å². The molecule has 6 nitrogen and oxygen atoms in total. The van der Waals surface area contributed by atoms with Gasteiger partial charge in [-0.3, -0.25) is 14.9 Å². The standard InChI is InChI=1S/C28H30Cl2F2N2O4/c1-26(2,3)38-24(35)23-21(16-8-7-9-18(30)22(16)32)28(14-33,17-11-10-15(29)12-19(17)31)20(34-23)13-27(4,5)25(36)37-6/h7-12,20-21,23,34H,13H2,1-6H3. The Morgan fingerprint density at radius 1 is 1.13 bits per heavy atom. The molecular formula is C28H30Cl2F2N2O4. The minimum Gasteiger partial charge on any atom is -0.469 e. The molecule has 3 rings (SSSR count). The Morgan fingerprint density at radius 3 is 2.34 bits per heavy atom. The van der Waals surface area contributed by atoms with Crippen LogP contribution in [0.15, 0.2) is 36.4 Å². The molecular weight excluding hydrogens is 537 g/mol. The number of nitrogens with one attached hydrogen (secondary N) is 1. The van der Waals surface area contributed by atoms with Crippen molar-refractivity contribution in [1.82, 2.24) is 5.32 Å². The van der Waals surface area contributed by atoms with Crippen LogP contribution in [0.4, 0.5) is 8.78 Å². The highest BCUT2D eigenvalue weighted by molar-refractivity contribution is 6.31. The molecule has 0 saturated carbocycles. The van der Waals surface area contributed by atoms with Crippen LogP contribution in [0.25, 0.3) is 0 Å². The van der Waals surface area contributed by atoms with E-state index in [1.54, 1.807) is 34.6 Å². The smallest absolute Gasteiger partial charge is 0.324 e. The van der Waals surface area contributed by atoms with E-state index in [4.69, 9.17) is 32.7 Å². The molecule has 10 heteroatoms. The molecule has 1 aliphatic heterocycles. The first-order chi connectivity index (χ1) is 17.6. The van der Waals surface area contributed by atoms with Crippen molar-refractivity contribution in [3.8, 4) is 6.07 Å². The fraction of sp³-hybridized carbons (Fsp3) is 0.464. The number of carbonyl (C=O) groups is 2. The molecule has 4 unspecified atom stereocenters. The summed E-state index contributed by atoms with van der Waals surface area (Å²) < 4.78 is 41.9. The van der Waals surface area contributed by atoms with Gasteiger partial charge in [-0.2, -0.15) is 5.26 Å². The van der Waals surface area contributed by atoms with Crippen molar-refractivity contribution in [3.63, 3.8) is 0 Å². The number of nitriles is 1. The van der Waals surface area contributed by atoms with Gasteiger partial charge >= 0.3 is 11.9 Å². The van der Waals surface area contributed by atoms with Gasteiger partial charge in [-0.05, 0) is 64.8 Å². The maximum absolute atomic E-state index is 15.6. The van der Waals surface area contributed by atoms with Crippen LogP contribution in [0.1, 0.15) is 58.1 Å². The normalized spacial score (nSPS) is 23.6. The highest BCUT2D eigenvalue weighted by Crippen LogP contribution is 2.53. The number of hydrogen-bond acceptors (Lipinski definition) is 6. The molecule has 1 N–H and O–H groups in total. The van der Waals surface area contributed by atoms with E-state index in [-0.39, 0.29) is 27.6 Å². The van der Waals surface area contributed by atoms with E-state index in [2.05, 4.69) is 11.4 Å². The minimum absolute atomic E-state index is 0.0622. The molecule has 4 atom stereocenters. The molecule has 0 aromatic heterocycles. The first-order valence-corrected chi connectivity index (χ1v) is 12.7. The lowest BCUT2D eigenvalue weighted by Gasteiger charge is -2.37. The van der Waals surface area contributed by atoms with E-state index in [0.717, 1.165) is 6.07 Å². The molecule has 0 amide bonds. The molecule has 2 aromatic rings. The minimum atomic E-state index is -1.90. The number of nitrogens with zero attached hydrogens (tertiary/aromatic N) is 1. The monoisotopic (exact) mass is 566 g/mol. The van der Waals surface area contributed by atoms with E-state index in [1.165, 1.54) is 37.4 Å². The summed E-state index contributed by atoms with van der Waals surface area (Å²) in [6, 6.07) is 7.90. The van der Waals surface area contributed by atoms with Crippen molar-refractivity contribution in [1.29, 1.82) is 5.26 Å². The quantitative estimate of drug-likeness (QED) is 0.426. The zero-order valence-electron chi connectivity index (χ0n) is 22.0. The number of benzene rings is 2. The van der Waals surface area contributed by atoms with Gasteiger partial charge in [0.25, 0.3) is 0 Å². The summed E-state index contributed by atoms with van der Waals surface area (Å²) in [5.74, 6) is -4.31. The summed E-state index contributed by atoms with van der Waals surface area (Å²) in [4.78, 5) is 26.2. The predicted octanol–water partition coefficient (Wildman–Crippen LogP) is 6.09. The topological polar surface area (TPSA) is 88.4 Å². The van der Waals surface area contributed by atoms with E-state index < -0.39 is 58.0 Å². The summed E-state index contributed by atoms with van der Waals surface area (Å²) in [7, 11) is 1.23. The average Bonchev–Trinajstić information content (AvgIpc) is 3.13. The van der Waals surface area contributed by atoms with Crippen LogP contribution in [0.5, 0.6) is 0 Å². The van der Waals surface area contributed by atoms with Crippen LogP contribution in [-0.2, 0) is 24.5 Å². The molecule has 0 bridgehead atoms. The molecule has 38 heavy (non-hydrogen) atoms.